The van der Waals surface area contributed by atoms with Crippen LogP contribution in [0.3, 0.4) is 0 Å². The lowest BCUT2D eigenvalue weighted by atomic mass is 9.83. The molecule has 1 N–H and O–H groups in total. The van der Waals surface area contributed by atoms with Crippen molar-refractivity contribution in [3.8, 4) is 0 Å². The van der Waals surface area contributed by atoms with Crippen LogP contribution in [0.2, 0.25) is 0 Å². The Kier molecular flexibility index (Phi) is 8.85. The molecule has 4 aromatic rings. The van der Waals surface area contributed by atoms with Gasteiger partial charge >= 0.3 is 0 Å². The lowest BCUT2D eigenvalue weighted by Crippen LogP contribution is -2.16. The van der Waals surface area contributed by atoms with E-state index in [1.54, 1.807) is 10.9 Å². The van der Waals surface area contributed by atoms with Crippen molar-refractivity contribution in [1.29, 1.82) is 0 Å². The van der Waals surface area contributed by atoms with Gasteiger partial charge in [0.2, 0.25) is 0 Å². The summed E-state index contributed by atoms with van der Waals surface area (Å²) >= 11 is 0. The average Bonchev–Trinajstić information content (AvgIpc) is 3.46. The summed E-state index contributed by atoms with van der Waals surface area (Å²) in [5.74, 6) is 0.409. The first kappa shape index (κ1) is 25.6. The van der Waals surface area contributed by atoms with Gasteiger partial charge in [-0.15, -0.1) is 0 Å². The van der Waals surface area contributed by atoms with E-state index in [0.717, 1.165) is 42.6 Å². The van der Waals surface area contributed by atoms with Gasteiger partial charge in [0.25, 0.3) is 0 Å². The zero-order valence-electron chi connectivity index (χ0n) is 21.3. The van der Waals surface area contributed by atoms with E-state index in [1.807, 2.05) is 73.3 Å². The fourth-order valence-electron chi connectivity index (χ4n) is 4.88. The summed E-state index contributed by atoms with van der Waals surface area (Å²) in [5, 5.41) is 19.5. The Morgan fingerprint density at radius 1 is 0.833 bits per heavy atom. The van der Waals surface area contributed by atoms with Crippen LogP contribution in [0.4, 0.5) is 0 Å². The topological polar surface area (TPSA) is 72.9 Å². The van der Waals surface area contributed by atoms with Crippen LogP contribution in [0.1, 0.15) is 76.6 Å². The van der Waals surface area contributed by atoms with Gasteiger partial charge in [0.05, 0.1) is 36.1 Å². The Balaban J connectivity index is 0.000000179. The van der Waals surface area contributed by atoms with Gasteiger partial charge in [-0.05, 0) is 43.7 Å². The molecule has 1 aliphatic rings. The van der Waals surface area contributed by atoms with Crippen LogP contribution >= 0.6 is 0 Å². The molecule has 5 rings (SSSR count). The minimum Gasteiger partial charge on any atom is -0.388 e. The predicted molar refractivity (Wildman–Crippen MR) is 142 cm³/mol. The number of aldehydes is 1. The molecule has 188 valence electrons. The van der Waals surface area contributed by atoms with Crippen LogP contribution < -0.4 is 0 Å². The number of aliphatic hydroxyl groups is 1. The zero-order valence-corrected chi connectivity index (χ0v) is 21.3. The molecule has 36 heavy (non-hydrogen) atoms. The molecule has 2 aromatic heterocycles. The monoisotopic (exact) mass is 484 g/mol. The second-order valence-electron chi connectivity index (χ2n) is 9.67. The first-order valence-corrected chi connectivity index (χ1v) is 12.8. The maximum absolute atomic E-state index is 10.7. The van der Waals surface area contributed by atoms with Crippen LogP contribution in [0.5, 0.6) is 0 Å². The number of carbonyl (C=O) groups excluding carboxylic acids is 1. The van der Waals surface area contributed by atoms with E-state index in [1.165, 1.54) is 30.4 Å². The third-order valence-electron chi connectivity index (χ3n) is 6.89. The summed E-state index contributed by atoms with van der Waals surface area (Å²) in [4.78, 5) is 10.6. The number of hydrogen-bond acceptors (Lipinski definition) is 4. The predicted octanol–water partition coefficient (Wildman–Crippen LogP) is 5.91. The highest BCUT2D eigenvalue weighted by molar-refractivity contribution is 5.75. The number of aliphatic hydroxyl groups excluding tert-OH is 1. The first-order chi connectivity index (χ1) is 17.5. The van der Waals surface area contributed by atoms with Gasteiger partial charge in [-0.2, -0.15) is 10.2 Å². The lowest BCUT2D eigenvalue weighted by Gasteiger charge is -2.26. The van der Waals surface area contributed by atoms with Crippen LogP contribution in [-0.2, 0) is 13.1 Å². The molecule has 0 saturated heterocycles. The quantitative estimate of drug-likeness (QED) is 0.331. The van der Waals surface area contributed by atoms with E-state index < -0.39 is 0 Å². The highest BCUT2D eigenvalue weighted by Crippen LogP contribution is 2.35. The third-order valence-corrected chi connectivity index (χ3v) is 6.89. The Morgan fingerprint density at radius 2 is 1.36 bits per heavy atom. The molecule has 6 heteroatoms. The molecule has 0 amide bonds. The highest BCUT2D eigenvalue weighted by atomic mass is 16.3. The number of carbonyl (C=O) groups is 1. The second kappa shape index (κ2) is 12.5. The molecule has 2 heterocycles. The van der Waals surface area contributed by atoms with Crippen molar-refractivity contribution >= 4 is 6.29 Å². The number of rotatable bonds is 7. The van der Waals surface area contributed by atoms with Gasteiger partial charge in [0.15, 0.2) is 6.29 Å². The first-order valence-electron chi connectivity index (χ1n) is 12.8. The van der Waals surface area contributed by atoms with Crippen molar-refractivity contribution in [2.75, 3.05) is 0 Å². The van der Waals surface area contributed by atoms with Crippen molar-refractivity contribution in [1.82, 2.24) is 19.6 Å². The number of aromatic nitrogens is 4. The number of nitrogens with zero attached hydrogens (tertiary/aromatic N) is 4. The van der Waals surface area contributed by atoms with E-state index in [0.29, 0.717) is 18.0 Å². The van der Waals surface area contributed by atoms with Gasteiger partial charge in [0, 0.05) is 18.0 Å². The lowest BCUT2D eigenvalue weighted by molar-refractivity contribution is 0.0842. The van der Waals surface area contributed by atoms with Crippen molar-refractivity contribution in [3.63, 3.8) is 0 Å². The molecule has 1 unspecified atom stereocenters. The van der Waals surface area contributed by atoms with Crippen LogP contribution in [-0.4, -0.2) is 31.0 Å². The molecule has 1 atom stereocenters. The average molecular weight is 485 g/mol. The highest BCUT2D eigenvalue weighted by Gasteiger charge is 2.25. The molecular weight excluding hydrogens is 448 g/mol. The number of aryl methyl sites for hydroxylation is 2. The zero-order chi connectivity index (χ0) is 25.3. The fraction of sp³-hybridized carbons (Fsp3) is 0.367. The summed E-state index contributed by atoms with van der Waals surface area (Å²) in [5.41, 5.74) is 5.82. The molecule has 1 aliphatic carbocycles. The normalized spacial score (nSPS) is 14.6. The molecule has 0 radical (unpaired) electrons. The summed E-state index contributed by atoms with van der Waals surface area (Å²) in [6.45, 7) is 5.31. The third kappa shape index (κ3) is 6.79. The van der Waals surface area contributed by atoms with Crippen LogP contribution in [0, 0.1) is 19.8 Å². The van der Waals surface area contributed by atoms with Crippen molar-refractivity contribution < 1.29 is 9.90 Å². The minimum absolute atomic E-state index is 0.352. The fourth-order valence-corrected chi connectivity index (χ4v) is 4.88. The molecule has 6 nitrogen and oxygen atoms in total. The van der Waals surface area contributed by atoms with Gasteiger partial charge < -0.3 is 5.11 Å². The van der Waals surface area contributed by atoms with E-state index in [2.05, 4.69) is 22.3 Å². The summed E-state index contributed by atoms with van der Waals surface area (Å²) in [6.07, 6.45) is 10.4. The largest absolute Gasteiger partial charge is 0.388 e. The Bertz CT molecular complexity index is 1220. The van der Waals surface area contributed by atoms with Crippen molar-refractivity contribution in [2.45, 2.75) is 65.1 Å². The van der Waals surface area contributed by atoms with Gasteiger partial charge in [-0.3, -0.25) is 14.2 Å². The molecular formula is C30H36N4O2. The summed E-state index contributed by atoms with van der Waals surface area (Å²) in [7, 11) is 0. The Labute approximate surface area is 213 Å². The number of benzene rings is 2. The minimum atomic E-state index is -0.352. The molecule has 0 spiro atoms. The van der Waals surface area contributed by atoms with Crippen LogP contribution in [0.25, 0.3) is 0 Å². The smallest absolute Gasteiger partial charge is 0.153 e. The second-order valence-corrected chi connectivity index (χ2v) is 9.67. The van der Waals surface area contributed by atoms with Crippen LogP contribution in [0.15, 0.2) is 73.1 Å². The van der Waals surface area contributed by atoms with Crippen molar-refractivity contribution in [3.05, 3.63) is 107 Å². The Morgan fingerprint density at radius 3 is 1.89 bits per heavy atom. The van der Waals surface area contributed by atoms with Gasteiger partial charge in [0.1, 0.15) is 0 Å². The van der Waals surface area contributed by atoms with Gasteiger partial charge in [-0.25, -0.2) is 0 Å². The summed E-state index contributed by atoms with van der Waals surface area (Å²) in [6, 6.07) is 20.4. The number of hydrogen-bond donors (Lipinski definition) is 1. The van der Waals surface area contributed by atoms with E-state index in [9.17, 15) is 9.90 Å². The SMILES string of the molecule is Cc1nn(Cc2ccccc2)cc1C(O)C1CCCCC1.Cc1nn(Cc2ccccc2)cc1C=O. The molecule has 0 bridgehead atoms. The molecule has 0 aliphatic heterocycles. The van der Waals surface area contributed by atoms with E-state index in [4.69, 9.17) is 0 Å². The molecule has 1 saturated carbocycles. The summed E-state index contributed by atoms with van der Waals surface area (Å²) < 4.78 is 3.74. The molecule has 1 fully saturated rings. The maximum atomic E-state index is 10.7. The van der Waals surface area contributed by atoms with Gasteiger partial charge in [-0.1, -0.05) is 79.9 Å². The van der Waals surface area contributed by atoms with E-state index >= 15 is 0 Å². The standard InChI is InChI=1S/C18H24N2O.C12H12N2O/c1-14-17(18(21)16-10-6-3-7-11-16)13-20(19-14)12-15-8-4-2-5-9-15;1-10-12(9-15)8-14(13-10)7-11-5-3-2-4-6-11/h2,4-5,8-9,13,16,18,21H,3,6-7,10-12H2,1H3;2-6,8-9H,7H2,1H3. The Hall–Kier alpha value is -3.51. The maximum Gasteiger partial charge on any atom is 0.153 e. The van der Waals surface area contributed by atoms with E-state index in [-0.39, 0.29) is 6.10 Å². The molecule has 2 aromatic carbocycles. The van der Waals surface area contributed by atoms with Crippen molar-refractivity contribution in [2.24, 2.45) is 5.92 Å².